The minimum Gasteiger partial charge on any atom is -0.383 e. The summed E-state index contributed by atoms with van der Waals surface area (Å²) in [6.07, 6.45) is 7.55. The standard InChI is InChI=1S/C29H33ClFN7/c1-17-12-22(37(2)3)9-10-23(17)18-13-27-28(35-21-7-5-20(32)6-8-21)24(15-34-38(27)16-18)29(33)36-26-14-19(31)4-11-25(26)30/h4,9-16,20-21,35H,5-8,32H2,1-3H3,(H2,33,36). The van der Waals surface area contributed by atoms with Crippen LogP contribution in [0, 0.1) is 12.7 Å². The highest BCUT2D eigenvalue weighted by Crippen LogP contribution is 2.34. The topological polar surface area (TPSA) is 97.0 Å². The van der Waals surface area contributed by atoms with E-state index in [0.29, 0.717) is 10.6 Å². The van der Waals surface area contributed by atoms with Crippen molar-refractivity contribution in [1.29, 1.82) is 0 Å². The molecule has 2 aromatic carbocycles. The monoisotopic (exact) mass is 533 g/mol. The molecule has 1 saturated carbocycles. The van der Waals surface area contributed by atoms with Crippen LogP contribution in [-0.2, 0) is 0 Å². The number of aromatic nitrogens is 2. The Hall–Kier alpha value is -3.62. The molecular formula is C29H33ClFN7. The fraction of sp³-hybridized carbons (Fsp3) is 0.310. The Morgan fingerprint density at radius 3 is 2.61 bits per heavy atom. The summed E-state index contributed by atoms with van der Waals surface area (Å²) in [5.41, 5.74) is 19.8. The molecule has 38 heavy (non-hydrogen) atoms. The van der Waals surface area contributed by atoms with Crippen LogP contribution in [0.5, 0.6) is 0 Å². The molecule has 2 aromatic heterocycles. The summed E-state index contributed by atoms with van der Waals surface area (Å²) in [6, 6.07) is 13.1. The highest BCUT2D eigenvalue weighted by atomic mass is 35.5. The summed E-state index contributed by atoms with van der Waals surface area (Å²) in [4.78, 5) is 6.57. The molecular weight excluding hydrogens is 501 g/mol. The Morgan fingerprint density at radius 2 is 1.89 bits per heavy atom. The zero-order chi connectivity index (χ0) is 27.0. The fourth-order valence-corrected chi connectivity index (χ4v) is 5.19. The molecule has 0 saturated heterocycles. The number of aryl methyl sites for hydroxylation is 1. The molecule has 198 valence electrons. The van der Waals surface area contributed by atoms with E-state index < -0.39 is 5.82 Å². The molecule has 2 heterocycles. The number of benzene rings is 2. The highest BCUT2D eigenvalue weighted by Gasteiger charge is 2.22. The van der Waals surface area contributed by atoms with Crippen molar-refractivity contribution in [1.82, 2.24) is 9.61 Å². The second kappa shape index (κ2) is 10.6. The Morgan fingerprint density at radius 1 is 1.13 bits per heavy atom. The van der Waals surface area contributed by atoms with Crippen LogP contribution in [-0.4, -0.2) is 41.6 Å². The summed E-state index contributed by atoms with van der Waals surface area (Å²) < 4.78 is 15.7. The predicted octanol–water partition coefficient (Wildman–Crippen LogP) is 5.89. The van der Waals surface area contributed by atoms with Gasteiger partial charge >= 0.3 is 0 Å². The van der Waals surface area contributed by atoms with Gasteiger partial charge in [-0.1, -0.05) is 17.7 Å². The molecule has 0 aliphatic heterocycles. The van der Waals surface area contributed by atoms with Gasteiger partial charge in [-0.3, -0.25) is 0 Å². The minimum absolute atomic E-state index is 0.205. The van der Waals surface area contributed by atoms with E-state index in [9.17, 15) is 4.39 Å². The van der Waals surface area contributed by atoms with Crippen LogP contribution in [0.25, 0.3) is 16.6 Å². The third kappa shape index (κ3) is 5.33. The lowest BCUT2D eigenvalue weighted by molar-refractivity contribution is 0.411. The van der Waals surface area contributed by atoms with Crippen molar-refractivity contribution in [2.45, 2.75) is 44.7 Å². The van der Waals surface area contributed by atoms with Gasteiger partial charge in [-0.25, -0.2) is 13.9 Å². The van der Waals surface area contributed by atoms with Crippen molar-refractivity contribution in [3.8, 4) is 11.1 Å². The lowest BCUT2D eigenvalue weighted by atomic mass is 9.91. The second-order valence-electron chi connectivity index (χ2n) is 10.2. The number of anilines is 2. The number of rotatable bonds is 6. The van der Waals surface area contributed by atoms with Gasteiger partial charge in [-0.15, -0.1) is 0 Å². The van der Waals surface area contributed by atoms with Crippen LogP contribution < -0.4 is 21.7 Å². The van der Waals surface area contributed by atoms with Crippen molar-refractivity contribution < 1.29 is 4.39 Å². The number of nitrogens with one attached hydrogen (secondary N) is 1. The first-order chi connectivity index (χ1) is 18.2. The fourth-order valence-electron chi connectivity index (χ4n) is 5.03. The van der Waals surface area contributed by atoms with Gasteiger partial charge in [-0.05, 0) is 74.1 Å². The van der Waals surface area contributed by atoms with Gasteiger partial charge in [0.1, 0.15) is 11.7 Å². The Balaban J connectivity index is 1.61. The minimum atomic E-state index is -0.432. The van der Waals surface area contributed by atoms with Gasteiger partial charge in [-0.2, -0.15) is 5.10 Å². The maximum absolute atomic E-state index is 13.9. The molecule has 0 spiro atoms. The number of hydrogen-bond acceptors (Lipinski definition) is 5. The van der Waals surface area contributed by atoms with Gasteiger partial charge in [0.15, 0.2) is 0 Å². The molecule has 4 aromatic rings. The van der Waals surface area contributed by atoms with Crippen LogP contribution in [0.4, 0.5) is 21.5 Å². The average Bonchev–Trinajstić information content (AvgIpc) is 3.32. The maximum atomic E-state index is 13.9. The van der Waals surface area contributed by atoms with Gasteiger partial charge in [0, 0.05) is 49.7 Å². The van der Waals surface area contributed by atoms with Crippen molar-refractivity contribution in [2.75, 3.05) is 24.3 Å². The van der Waals surface area contributed by atoms with E-state index in [0.717, 1.165) is 53.7 Å². The number of aliphatic imine (C=N–C) groups is 1. The molecule has 1 aliphatic carbocycles. The van der Waals surface area contributed by atoms with E-state index in [2.05, 4.69) is 51.5 Å². The van der Waals surface area contributed by atoms with E-state index in [1.165, 1.54) is 23.8 Å². The summed E-state index contributed by atoms with van der Waals surface area (Å²) >= 11 is 6.27. The van der Waals surface area contributed by atoms with E-state index >= 15 is 0 Å². The van der Waals surface area contributed by atoms with Gasteiger partial charge in [0.2, 0.25) is 0 Å². The first-order valence-electron chi connectivity index (χ1n) is 12.8. The van der Waals surface area contributed by atoms with E-state index in [4.69, 9.17) is 23.1 Å². The van der Waals surface area contributed by atoms with Crippen molar-refractivity contribution >= 4 is 40.0 Å². The van der Waals surface area contributed by atoms with Crippen molar-refractivity contribution in [2.24, 2.45) is 16.5 Å². The number of halogens is 2. The molecule has 0 amide bonds. The van der Waals surface area contributed by atoms with Gasteiger partial charge in [0.05, 0.1) is 33.7 Å². The Labute approximate surface area is 227 Å². The molecule has 9 heteroatoms. The smallest absolute Gasteiger partial charge is 0.135 e. The summed E-state index contributed by atoms with van der Waals surface area (Å²) in [6.45, 7) is 2.11. The van der Waals surface area contributed by atoms with Crippen LogP contribution >= 0.6 is 11.6 Å². The zero-order valence-corrected chi connectivity index (χ0v) is 22.6. The first kappa shape index (κ1) is 26.0. The molecule has 5 N–H and O–H groups in total. The number of amidine groups is 1. The second-order valence-corrected chi connectivity index (χ2v) is 10.6. The number of nitrogens with two attached hydrogens (primary N) is 2. The van der Waals surface area contributed by atoms with Crippen molar-refractivity contribution in [3.05, 3.63) is 76.8 Å². The SMILES string of the molecule is Cc1cc(N(C)C)ccc1-c1cc2c(NC3CCC(N)CC3)c(C(N)=Nc3cc(F)ccc3Cl)cnn2c1. The van der Waals surface area contributed by atoms with Crippen LogP contribution in [0.15, 0.2) is 59.9 Å². The summed E-state index contributed by atoms with van der Waals surface area (Å²) in [5, 5.41) is 8.69. The molecule has 7 nitrogen and oxygen atoms in total. The maximum Gasteiger partial charge on any atom is 0.135 e. The molecule has 0 bridgehead atoms. The lowest BCUT2D eigenvalue weighted by Crippen LogP contribution is -2.33. The average molecular weight is 534 g/mol. The Kier molecular flexibility index (Phi) is 7.27. The highest BCUT2D eigenvalue weighted by molar-refractivity contribution is 6.33. The van der Waals surface area contributed by atoms with Crippen molar-refractivity contribution in [3.63, 3.8) is 0 Å². The normalized spacial score (nSPS) is 18.1. The summed E-state index contributed by atoms with van der Waals surface area (Å²) in [7, 11) is 4.07. The van der Waals surface area contributed by atoms with Gasteiger partial charge < -0.3 is 21.7 Å². The largest absolute Gasteiger partial charge is 0.383 e. The molecule has 1 aliphatic rings. The third-order valence-electron chi connectivity index (χ3n) is 7.22. The van der Waals surface area contributed by atoms with E-state index in [1.807, 2.05) is 24.8 Å². The van der Waals surface area contributed by atoms with Crippen LogP contribution in [0.3, 0.4) is 0 Å². The lowest BCUT2D eigenvalue weighted by Gasteiger charge is -2.28. The molecule has 0 atom stereocenters. The quantitative estimate of drug-likeness (QED) is 0.212. The molecule has 0 radical (unpaired) electrons. The van der Waals surface area contributed by atoms with Gasteiger partial charge in [0.25, 0.3) is 0 Å². The van der Waals surface area contributed by atoms with E-state index in [1.54, 1.807) is 6.20 Å². The number of hydrogen-bond donors (Lipinski definition) is 3. The summed E-state index contributed by atoms with van der Waals surface area (Å²) in [5.74, 6) is -0.227. The Bertz CT molecular complexity index is 1500. The molecule has 0 unspecified atom stereocenters. The van der Waals surface area contributed by atoms with Crippen LogP contribution in [0.1, 0.15) is 36.8 Å². The van der Waals surface area contributed by atoms with E-state index in [-0.39, 0.29) is 23.6 Å². The number of nitrogens with zero attached hydrogens (tertiary/aromatic N) is 4. The first-order valence-corrected chi connectivity index (χ1v) is 13.2. The predicted molar refractivity (Wildman–Crippen MR) is 155 cm³/mol. The number of fused-ring (bicyclic) bond motifs is 1. The molecule has 5 rings (SSSR count). The third-order valence-corrected chi connectivity index (χ3v) is 7.54. The zero-order valence-electron chi connectivity index (χ0n) is 21.9. The molecule has 1 fully saturated rings. The van der Waals surface area contributed by atoms with Crippen LogP contribution in [0.2, 0.25) is 5.02 Å².